The van der Waals surface area contributed by atoms with Crippen molar-refractivity contribution in [1.29, 1.82) is 0 Å². The molecule has 1 unspecified atom stereocenters. The number of ketones is 1. The molecule has 3 rings (SSSR count). The standard InChI is InChI=1S/C19H18FNO4/c1-11-9-14(22)19-16(8-7-12(20)18(11)19)25-10-17(23)21-13-5-3-4-6-15(13)24-2/h3-8,11H,9-10H2,1-2H3,(H,21,23). The van der Waals surface area contributed by atoms with Crippen molar-refractivity contribution >= 4 is 17.4 Å². The fourth-order valence-corrected chi connectivity index (χ4v) is 3.02. The molecule has 1 amide bonds. The molecule has 0 saturated carbocycles. The largest absolute Gasteiger partial charge is 0.495 e. The van der Waals surface area contributed by atoms with E-state index in [9.17, 15) is 14.0 Å². The van der Waals surface area contributed by atoms with Crippen LogP contribution in [-0.4, -0.2) is 25.4 Å². The minimum Gasteiger partial charge on any atom is -0.495 e. The van der Waals surface area contributed by atoms with Gasteiger partial charge in [0, 0.05) is 12.0 Å². The molecule has 2 aromatic rings. The topological polar surface area (TPSA) is 64.6 Å². The number of methoxy groups -OCH3 is 1. The van der Waals surface area contributed by atoms with Crippen LogP contribution < -0.4 is 14.8 Å². The fourth-order valence-electron chi connectivity index (χ4n) is 3.02. The highest BCUT2D eigenvalue weighted by atomic mass is 19.1. The molecule has 2 aromatic carbocycles. The average molecular weight is 343 g/mol. The van der Waals surface area contributed by atoms with E-state index in [0.717, 1.165) is 0 Å². The third kappa shape index (κ3) is 3.33. The number of ether oxygens (including phenoxy) is 2. The van der Waals surface area contributed by atoms with Gasteiger partial charge in [-0.15, -0.1) is 0 Å². The Bertz CT molecular complexity index is 834. The molecule has 0 spiro atoms. The fraction of sp³-hybridized carbons (Fsp3) is 0.263. The SMILES string of the molecule is COc1ccccc1NC(=O)COc1ccc(F)c2c1C(=O)CC2C. The summed E-state index contributed by atoms with van der Waals surface area (Å²) in [6, 6.07) is 9.65. The lowest BCUT2D eigenvalue weighted by Crippen LogP contribution is -2.21. The summed E-state index contributed by atoms with van der Waals surface area (Å²) in [6.45, 7) is 1.50. The Balaban J connectivity index is 1.72. The van der Waals surface area contributed by atoms with E-state index in [1.807, 2.05) is 0 Å². The smallest absolute Gasteiger partial charge is 0.262 e. The molecule has 0 radical (unpaired) electrons. The zero-order valence-electron chi connectivity index (χ0n) is 14.0. The lowest BCUT2D eigenvalue weighted by atomic mass is 10.0. The first-order valence-electron chi connectivity index (χ1n) is 7.92. The third-order valence-electron chi connectivity index (χ3n) is 4.16. The summed E-state index contributed by atoms with van der Waals surface area (Å²) in [5.41, 5.74) is 1.14. The van der Waals surface area contributed by atoms with Gasteiger partial charge in [0.1, 0.15) is 17.3 Å². The molecule has 0 saturated heterocycles. The molecule has 5 nitrogen and oxygen atoms in total. The maximum absolute atomic E-state index is 14.0. The van der Waals surface area contributed by atoms with Crippen molar-refractivity contribution in [3.05, 3.63) is 53.3 Å². The highest BCUT2D eigenvalue weighted by molar-refractivity contribution is 6.04. The second kappa shape index (κ2) is 6.93. The van der Waals surface area contributed by atoms with Gasteiger partial charge >= 0.3 is 0 Å². The molecule has 0 heterocycles. The van der Waals surface area contributed by atoms with Gasteiger partial charge in [-0.25, -0.2) is 4.39 Å². The molecule has 0 aromatic heterocycles. The van der Waals surface area contributed by atoms with Crippen LogP contribution in [0.4, 0.5) is 10.1 Å². The molecule has 6 heteroatoms. The number of carbonyl (C=O) groups is 2. The number of amides is 1. The molecule has 1 aliphatic rings. The molecule has 0 bridgehead atoms. The number of nitrogens with one attached hydrogen (secondary N) is 1. The van der Waals surface area contributed by atoms with Gasteiger partial charge in [-0.2, -0.15) is 0 Å². The van der Waals surface area contributed by atoms with E-state index in [-0.39, 0.29) is 36.0 Å². The molecule has 1 atom stereocenters. The van der Waals surface area contributed by atoms with Gasteiger partial charge < -0.3 is 14.8 Å². The number of anilines is 1. The number of benzene rings is 2. The Hall–Kier alpha value is -2.89. The summed E-state index contributed by atoms with van der Waals surface area (Å²) in [5.74, 6) is -0.403. The highest BCUT2D eigenvalue weighted by Gasteiger charge is 2.32. The van der Waals surface area contributed by atoms with E-state index in [1.165, 1.54) is 19.2 Å². The van der Waals surface area contributed by atoms with Crippen LogP contribution in [0.15, 0.2) is 36.4 Å². The molecule has 0 aliphatic heterocycles. The van der Waals surface area contributed by atoms with Crippen LogP contribution in [0.2, 0.25) is 0 Å². The molecule has 0 fully saturated rings. The first kappa shape index (κ1) is 17.0. The van der Waals surface area contributed by atoms with Crippen LogP contribution in [0.3, 0.4) is 0 Å². The maximum atomic E-state index is 14.0. The number of Topliss-reactive ketones (excluding diaryl/α,β-unsaturated/α-hetero) is 1. The van der Waals surface area contributed by atoms with Gasteiger partial charge in [0.15, 0.2) is 12.4 Å². The van der Waals surface area contributed by atoms with E-state index in [1.54, 1.807) is 31.2 Å². The summed E-state index contributed by atoms with van der Waals surface area (Å²) in [4.78, 5) is 24.2. The summed E-state index contributed by atoms with van der Waals surface area (Å²) in [5, 5.41) is 2.68. The van der Waals surface area contributed by atoms with Crippen molar-refractivity contribution in [3.63, 3.8) is 0 Å². The zero-order valence-corrected chi connectivity index (χ0v) is 14.0. The van der Waals surface area contributed by atoms with Crippen molar-refractivity contribution in [1.82, 2.24) is 0 Å². The van der Waals surface area contributed by atoms with Gasteiger partial charge in [0.05, 0.1) is 18.4 Å². The van der Waals surface area contributed by atoms with E-state index in [4.69, 9.17) is 9.47 Å². The average Bonchev–Trinajstić information content (AvgIpc) is 2.90. The molecular weight excluding hydrogens is 325 g/mol. The highest BCUT2D eigenvalue weighted by Crippen LogP contribution is 2.39. The van der Waals surface area contributed by atoms with Crippen LogP contribution in [0.5, 0.6) is 11.5 Å². The lowest BCUT2D eigenvalue weighted by Gasteiger charge is -2.13. The van der Waals surface area contributed by atoms with E-state index in [0.29, 0.717) is 17.0 Å². The zero-order chi connectivity index (χ0) is 18.0. The second-order valence-corrected chi connectivity index (χ2v) is 5.90. The number of hydrogen-bond acceptors (Lipinski definition) is 4. The van der Waals surface area contributed by atoms with Gasteiger partial charge in [-0.1, -0.05) is 19.1 Å². The number of fused-ring (bicyclic) bond motifs is 1. The number of rotatable bonds is 5. The van der Waals surface area contributed by atoms with E-state index in [2.05, 4.69) is 5.32 Å². The van der Waals surface area contributed by atoms with Crippen LogP contribution in [0.25, 0.3) is 0 Å². The molecular formula is C19H18FNO4. The lowest BCUT2D eigenvalue weighted by molar-refractivity contribution is -0.118. The normalized spacial score (nSPS) is 15.6. The first-order valence-corrected chi connectivity index (χ1v) is 7.92. The molecule has 1 aliphatic carbocycles. The summed E-state index contributed by atoms with van der Waals surface area (Å²) in [6.07, 6.45) is 0.250. The van der Waals surface area contributed by atoms with Crippen LogP contribution in [0.1, 0.15) is 35.2 Å². The van der Waals surface area contributed by atoms with Gasteiger partial charge in [0.2, 0.25) is 0 Å². The predicted molar refractivity (Wildman–Crippen MR) is 90.9 cm³/mol. The van der Waals surface area contributed by atoms with Crippen molar-refractivity contribution in [2.24, 2.45) is 0 Å². The van der Waals surface area contributed by atoms with Crippen LogP contribution in [-0.2, 0) is 4.79 Å². The van der Waals surface area contributed by atoms with Gasteiger partial charge in [-0.3, -0.25) is 9.59 Å². The monoisotopic (exact) mass is 343 g/mol. The van der Waals surface area contributed by atoms with Crippen molar-refractivity contribution in [2.75, 3.05) is 19.0 Å². The van der Waals surface area contributed by atoms with Crippen LogP contribution >= 0.6 is 0 Å². The Labute approximate surface area is 144 Å². The number of halogens is 1. The Kier molecular flexibility index (Phi) is 4.70. The Morgan fingerprint density at radius 1 is 1.24 bits per heavy atom. The summed E-state index contributed by atoms with van der Waals surface area (Å²) >= 11 is 0. The quantitative estimate of drug-likeness (QED) is 0.902. The Morgan fingerprint density at radius 2 is 2.00 bits per heavy atom. The first-order chi connectivity index (χ1) is 12.0. The minimum absolute atomic E-state index is 0.165. The number of para-hydroxylation sites is 2. The van der Waals surface area contributed by atoms with Crippen LogP contribution in [0, 0.1) is 5.82 Å². The van der Waals surface area contributed by atoms with Crippen molar-refractivity contribution < 1.29 is 23.5 Å². The summed E-state index contributed by atoms with van der Waals surface area (Å²) in [7, 11) is 1.51. The number of carbonyl (C=O) groups excluding carboxylic acids is 2. The molecule has 1 N–H and O–H groups in total. The predicted octanol–water partition coefficient (Wildman–Crippen LogP) is 3.54. The maximum Gasteiger partial charge on any atom is 0.262 e. The number of hydrogen-bond donors (Lipinski definition) is 1. The van der Waals surface area contributed by atoms with E-state index >= 15 is 0 Å². The molecule has 25 heavy (non-hydrogen) atoms. The summed E-state index contributed by atoms with van der Waals surface area (Å²) < 4.78 is 24.6. The Morgan fingerprint density at radius 3 is 2.76 bits per heavy atom. The molecule has 130 valence electrons. The van der Waals surface area contributed by atoms with Gasteiger partial charge in [-0.05, 0) is 30.2 Å². The third-order valence-corrected chi connectivity index (χ3v) is 4.16. The minimum atomic E-state index is -0.417. The van der Waals surface area contributed by atoms with Gasteiger partial charge in [0.25, 0.3) is 5.91 Å². The van der Waals surface area contributed by atoms with E-state index < -0.39 is 11.7 Å². The van der Waals surface area contributed by atoms with Crippen molar-refractivity contribution in [3.8, 4) is 11.5 Å². The second-order valence-electron chi connectivity index (χ2n) is 5.90. The van der Waals surface area contributed by atoms with Crippen molar-refractivity contribution in [2.45, 2.75) is 19.3 Å².